The summed E-state index contributed by atoms with van der Waals surface area (Å²) in [6.07, 6.45) is 0. The largest absolute Gasteiger partial charge is 0.192 e. The monoisotopic (exact) mass is 251 g/mol. The van der Waals surface area contributed by atoms with Crippen LogP contribution in [0.4, 0.5) is 0 Å². The van der Waals surface area contributed by atoms with Crippen LogP contribution in [0.2, 0.25) is 0 Å². The summed E-state index contributed by atoms with van der Waals surface area (Å²) in [5.41, 5.74) is 1.93. The van der Waals surface area contributed by atoms with Gasteiger partial charge < -0.3 is 0 Å². The number of nitriles is 1. The van der Waals surface area contributed by atoms with Crippen molar-refractivity contribution in [2.75, 3.05) is 0 Å². The highest BCUT2D eigenvalue weighted by Gasteiger charge is 2.08. The number of thiophene rings is 1. The number of aryl methyl sites for hydroxylation is 1. The van der Waals surface area contributed by atoms with Crippen LogP contribution in [-0.2, 0) is 0 Å². The molecule has 0 aliphatic rings. The lowest BCUT2D eigenvalue weighted by atomic mass is 10.1. The van der Waals surface area contributed by atoms with E-state index in [2.05, 4.69) is 34.1 Å². The van der Waals surface area contributed by atoms with E-state index in [4.69, 9.17) is 5.26 Å². The van der Waals surface area contributed by atoms with E-state index >= 15 is 0 Å². The highest BCUT2D eigenvalue weighted by Crippen LogP contribution is 2.33. The van der Waals surface area contributed by atoms with E-state index < -0.39 is 0 Å². The first-order valence-electron chi connectivity index (χ1n) is 3.80. The molecule has 0 unspecified atom stereocenters. The predicted octanol–water partition coefficient (Wildman–Crippen LogP) is 3.84. The number of hydrogen-bond acceptors (Lipinski definition) is 2. The van der Waals surface area contributed by atoms with Crippen molar-refractivity contribution in [2.45, 2.75) is 6.92 Å². The van der Waals surface area contributed by atoms with Crippen LogP contribution < -0.4 is 0 Å². The predicted molar refractivity (Wildman–Crippen MR) is 59.0 cm³/mol. The summed E-state index contributed by atoms with van der Waals surface area (Å²) in [5.74, 6) is 0. The van der Waals surface area contributed by atoms with E-state index in [0.29, 0.717) is 0 Å². The van der Waals surface area contributed by atoms with E-state index in [-0.39, 0.29) is 0 Å². The van der Waals surface area contributed by atoms with Crippen LogP contribution in [0.1, 0.15) is 11.1 Å². The Balaban J connectivity index is 2.95. The normalized spacial score (nSPS) is 10.2. The van der Waals surface area contributed by atoms with Crippen molar-refractivity contribution in [3.05, 3.63) is 33.1 Å². The van der Waals surface area contributed by atoms with Gasteiger partial charge in [0.15, 0.2) is 0 Å². The van der Waals surface area contributed by atoms with Crippen molar-refractivity contribution in [3.8, 4) is 6.07 Å². The van der Waals surface area contributed by atoms with Gasteiger partial charge in [-0.2, -0.15) is 5.26 Å². The molecular formula is C10H6BrNS. The molecule has 0 bridgehead atoms. The summed E-state index contributed by atoms with van der Waals surface area (Å²) >= 11 is 5.12. The molecule has 0 saturated carbocycles. The molecule has 0 aliphatic carbocycles. The molecule has 3 heteroatoms. The molecule has 0 atom stereocenters. The molecule has 0 spiro atoms. The molecule has 0 amide bonds. The molecule has 2 aromatic rings. The minimum Gasteiger partial charge on any atom is -0.192 e. The van der Waals surface area contributed by atoms with Gasteiger partial charge in [-0.15, -0.1) is 11.3 Å². The maximum absolute atomic E-state index is 8.88. The Kier molecular flexibility index (Phi) is 2.10. The third-order valence-electron chi connectivity index (χ3n) is 1.99. The second-order valence-corrected chi connectivity index (χ2v) is 4.53. The van der Waals surface area contributed by atoms with Gasteiger partial charge in [0.05, 0.1) is 5.56 Å². The lowest BCUT2D eigenvalue weighted by Crippen LogP contribution is -1.77. The van der Waals surface area contributed by atoms with E-state index in [1.165, 1.54) is 5.56 Å². The minimum absolute atomic E-state index is 0.760. The number of nitrogens with zero attached hydrogens (tertiary/aromatic N) is 1. The van der Waals surface area contributed by atoms with Crippen LogP contribution in [-0.4, -0.2) is 0 Å². The van der Waals surface area contributed by atoms with Gasteiger partial charge in [-0.25, -0.2) is 0 Å². The molecule has 1 aromatic carbocycles. The number of halogens is 1. The van der Waals surface area contributed by atoms with Crippen LogP contribution >= 0.6 is 27.3 Å². The van der Waals surface area contributed by atoms with Gasteiger partial charge in [-0.1, -0.05) is 6.07 Å². The van der Waals surface area contributed by atoms with Crippen molar-refractivity contribution < 1.29 is 0 Å². The standard InChI is InChI=1S/C10H6BrNS/c1-6-2-3-8-9(10(6)11)7(4-12)5-13-8/h2-3,5H,1H3. The second kappa shape index (κ2) is 3.13. The average Bonchev–Trinajstić information content (AvgIpc) is 2.55. The fourth-order valence-corrected chi connectivity index (χ4v) is 2.86. The number of rotatable bonds is 0. The zero-order valence-electron chi connectivity index (χ0n) is 6.97. The molecule has 1 nitrogen and oxygen atoms in total. The van der Waals surface area contributed by atoms with Gasteiger partial charge in [-0.05, 0) is 34.5 Å². The maximum atomic E-state index is 8.88. The zero-order chi connectivity index (χ0) is 9.42. The third-order valence-corrected chi connectivity index (χ3v) is 3.96. The zero-order valence-corrected chi connectivity index (χ0v) is 9.37. The lowest BCUT2D eigenvalue weighted by molar-refractivity contribution is 1.47. The SMILES string of the molecule is Cc1ccc2scc(C#N)c2c1Br. The molecule has 64 valence electrons. The quantitative estimate of drug-likeness (QED) is 0.698. The molecule has 1 aromatic heterocycles. The third kappa shape index (κ3) is 1.27. The Morgan fingerprint density at radius 2 is 2.23 bits per heavy atom. The van der Waals surface area contributed by atoms with Gasteiger partial charge in [0.2, 0.25) is 0 Å². The van der Waals surface area contributed by atoms with Crippen LogP contribution in [0.15, 0.2) is 22.0 Å². The van der Waals surface area contributed by atoms with Gasteiger partial charge in [0.25, 0.3) is 0 Å². The molecule has 1 heterocycles. The van der Waals surface area contributed by atoms with Crippen LogP contribution in [0.5, 0.6) is 0 Å². The summed E-state index contributed by atoms with van der Waals surface area (Å²) in [6, 6.07) is 6.31. The molecule has 0 aliphatic heterocycles. The second-order valence-electron chi connectivity index (χ2n) is 2.83. The summed E-state index contributed by atoms with van der Waals surface area (Å²) in [4.78, 5) is 0. The van der Waals surface area contributed by atoms with Crippen LogP contribution in [0, 0.1) is 18.3 Å². The molecule has 13 heavy (non-hydrogen) atoms. The van der Waals surface area contributed by atoms with Gasteiger partial charge in [-0.3, -0.25) is 0 Å². The van der Waals surface area contributed by atoms with Crippen molar-refractivity contribution in [2.24, 2.45) is 0 Å². The Hall–Kier alpha value is -0.850. The molecule has 0 fully saturated rings. The first-order valence-corrected chi connectivity index (χ1v) is 5.47. The number of fused-ring (bicyclic) bond motifs is 1. The number of benzene rings is 1. The topological polar surface area (TPSA) is 23.8 Å². The first-order chi connectivity index (χ1) is 6.24. The fourth-order valence-electron chi connectivity index (χ4n) is 1.28. The van der Waals surface area contributed by atoms with Crippen molar-refractivity contribution in [1.29, 1.82) is 5.26 Å². The summed E-state index contributed by atoms with van der Waals surface area (Å²) in [7, 11) is 0. The van der Waals surface area contributed by atoms with Gasteiger partial charge >= 0.3 is 0 Å². The van der Waals surface area contributed by atoms with Crippen molar-refractivity contribution >= 4 is 37.4 Å². The Labute approximate surface area is 88.7 Å². The molecular weight excluding hydrogens is 246 g/mol. The smallest absolute Gasteiger partial charge is 0.101 e. The van der Waals surface area contributed by atoms with E-state index in [9.17, 15) is 0 Å². The van der Waals surface area contributed by atoms with Crippen molar-refractivity contribution in [3.63, 3.8) is 0 Å². The van der Waals surface area contributed by atoms with Crippen LogP contribution in [0.3, 0.4) is 0 Å². The Bertz CT molecular complexity index is 507. The first kappa shape index (κ1) is 8.74. The maximum Gasteiger partial charge on any atom is 0.101 e. The van der Waals surface area contributed by atoms with E-state index in [1.807, 2.05) is 12.3 Å². The average molecular weight is 252 g/mol. The summed E-state index contributed by atoms with van der Waals surface area (Å²) in [6.45, 7) is 2.03. The highest BCUT2D eigenvalue weighted by atomic mass is 79.9. The molecule has 0 saturated heterocycles. The molecule has 0 radical (unpaired) electrons. The fraction of sp³-hybridized carbons (Fsp3) is 0.100. The van der Waals surface area contributed by atoms with E-state index in [0.717, 1.165) is 20.1 Å². The van der Waals surface area contributed by atoms with E-state index in [1.54, 1.807) is 11.3 Å². The lowest BCUT2D eigenvalue weighted by Gasteiger charge is -1.98. The molecule has 2 rings (SSSR count). The minimum atomic E-state index is 0.760. The Morgan fingerprint density at radius 1 is 1.46 bits per heavy atom. The Morgan fingerprint density at radius 3 is 2.92 bits per heavy atom. The van der Waals surface area contributed by atoms with Crippen LogP contribution in [0.25, 0.3) is 10.1 Å². The van der Waals surface area contributed by atoms with Crippen molar-refractivity contribution in [1.82, 2.24) is 0 Å². The summed E-state index contributed by atoms with van der Waals surface area (Å²) < 4.78 is 2.21. The molecule has 0 N–H and O–H groups in total. The van der Waals surface area contributed by atoms with Gasteiger partial charge in [0.1, 0.15) is 6.07 Å². The number of hydrogen-bond donors (Lipinski definition) is 0. The van der Waals surface area contributed by atoms with Gasteiger partial charge in [0, 0.05) is 19.9 Å². The summed E-state index contributed by atoms with van der Waals surface area (Å²) in [5, 5.41) is 11.8. The highest BCUT2D eigenvalue weighted by molar-refractivity contribution is 9.10.